The molecule has 0 atom stereocenters. The Balaban J connectivity index is 1.45. The van der Waals surface area contributed by atoms with Gasteiger partial charge >= 0.3 is 11.7 Å². The number of aryl methyl sites for hydroxylation is 2. The average Bonchev–Trinajstić information content (AvgIpc) is 2.95. The lowest BCUT2D eigenvalue weighted by Crippen LogP contribution is -2.31. The molecular formula is C19H27N5O2. The van der Waals surface area contributed by atoms with Crippen LogP contribution in [0.2, 0.25) is 0 Å². The quantitative estimate of drug-likeness (QED) is 0.780. The Labute approximate surface area is 153 Å². The van der Waals surface area contributed by atoms with Crippen LogP contribution >= 0.6 is 0 Å². The van der Waals surface area contributed by atoms with Crippen molar-refractivity contribution < 1.29 is 4.79 Å². The number of nitrogens with one attached hydrogen (secondary N) is 2. The second-order valence-electron chi connectivity index (χ2n) is 7.05. The number of benzene rings is 1. The van der Waals surface area contributed by atoms with Gasteiger partial charge in [0.2, 0.25) is 0 Å². The molecule has 1 aliphatic heterocycles. The van der Waals surface area contributed by atoms with E-state index >= 15 is 0 Å². The Kier molecular flexibility index (Phi) is 5.75. The molecule has 0 spiro atoms. The number of rotatable bonds is 6. The third-order valence-electron chi connectivity index (χ3n) is 4.67. The molecule has 3 rings (SSSR count). The van der Waals surface area contributed by atoms with Crippen LogP contribution in [-0.2, 0) is 19.5 Å². The molecule has 7 nitrogen and oxygen atoms in total. The van der Waals surface area contributed by atoms with Crippen LogP contribution in [0.3, 0.4) is 0 Å². The number of carbonyl (C=O) groups excluding carboxylic acids is 1. The van der Waals surface area contributed by atoms with Gasteiger partial charge in [0, 0.05) is 31.7 Å². The molecule has 0 fully saturated rings. The second-order valence-corrected chi connectivity index (χ2v) is 7.05. The molecule has 0 unspecified atom stereocenters. The molecule has 1 aromatic carbocycles. The van der Waals surface area contributed by atoms with Gasteiger partial charge in [0.15, 0.2) is 0 Å². The van der Waals surface area contributed by atoms with Gasteiger partial charge in [-0.25, -0.2) is 14.3 Å². The summed E-state index contributed by atoms with van der Waals surface area (Å²) in [4.78, 5) is 24.3. The van der Waals surface area contributed by atoms with Gasteiger partial charge in [0.1, 0.15) is 5.82 Å². The molecule has 2 heterocycles. The molecule has 1 aliphatic rings. The summed E-state index contributed by atoms with van der Waals surface area (Å²) in [5.74, 6) is 1.30. The highest BCUT2D eigenvalue weighted by Crippen LogP contribution is 2.18. The van der Waals surface area contributed by atoms with E-state index in [0.717, 1.165) is 37.3 Å². The molecule has 0 bridgehead atoms. The van der Waals surface area contributed by atoms with Crippen molar-refractivity contribution in [3.8, 4) is 0 Å². The van der Waals surface area contributed by atoms with Crippen molar-refractivity contribution in [3.05, 3.63) is 46.1 Å². The smallest absolute Gasteiger partial charge is 0.338 e. The van der Waals surface area contributed by atoms with E-state index in [0.29, 0.717) is 25.4 Å². The van der Waals surface area contributed by atoms with E-state index in [1.54, 1.807) is 4.57 Å². The number of carbonyl (C=O) groups is 1. The van der Waals surface area contributed by atoms with Crippen molar-refractivity contribution in [2.24, 2.45) is 0 Å². The molecule has 0 saturated heterocycles. The molecule has 2 aromatic rings. The summed E-state index contributed by atoms with van der Waals surface area (Å²) < 4.78 is 3.29. The fraction of sp³-hybridized carbons (Fsp3) is 0.526. The molecule has 26 heavy (non-hydrogen) atoms. The van der Waals surface area contributed by atoms with Crippen LogP contribution < -0.4 is 16.3 Å². The fourth-order valence-corrected chi connectivity index (χ4v) is 3.18. The lowest BCUT2D eigenvalue weighted by molar-refractivity contribution is 0.251. The second kappa shape index (κ2) is 8.21. The van der Waals surface area contributed by atoms with E-state index in [1.807, 2.05) is 18.2 Å². The number of nitrogens with zero attached hydrogens (tertiary/aromatic N) is 3. The first-order valence-corrected chi connectivity index (χ1v) is 9.36. The lowest BCUT2D eigenvalue weighted by Gasteiger charge is -2.10. The van der Waals surface area contributed by atoms with Crippen LogP contribution in [0.25, 0.3) is 0 Å². The van der Waals surface area contributed by atoms with E-state index in [9.17, 15) is 9.59 Å². The van der Waals surface area contributed by atoms with Gasteiger partial charge in [0.05, 0.1) is 0 Å². The maximum atomic E-state index is 12.2. The van der Waals surface area contributed by atoms with Crippen LogP contribution in [0.1, 0.15) is 50.4 Å². The van der Waals surface area contributed by atoms with Gasteiger partial charge in [-0.2, -0.15) is 5.10 Å². The monoisotopic (exact) mass is 357 g/mol. The van der Waals surface area contributed by atoms with Gasteiger partial charge in [-0.15, -0.1) is 0 Å². The van der Waals surface area contributed by atoms with Gasteiger partial charge in [0.25, 0.3) is 0 Å². The number of anilines is 1. The van der Waals surface area contributed by atoms with Gasteiger partial charge in [-0.3, -0.25) is 4.57 Å². The zero-order valence-corrected chi connectivity index (χ0v) is 15.5. The fourth-order valence-electron chi connectivity index (χ4n) is 3.18. The van der Waals surface area contributed by atoms with E-state index in [-0.39, 0.29) is 11.7 Å². The molecule has 2 N–H and O–H groups in total. The predicted octanol–water partition coefficient (Wildman–Crippen LogP) is 2.72. The summed E-state index contributed by atoms with van der Waals surface area (Å²) >= 11 is 0. The highest BCUT2D eigenvalue weighted by Gasteiger charge is 2.16. The molecule has 0 aliphatic carbocycles. The summed E-state index contributed by atoms with van der Waals surface area (Å²) in [6.45, 7) is 6.01. The number of aromatic nitrogens is 3. The SMILES string of the molecule is CC(C)c1cccc(NC(=O)NCCCn2nc3n(c2=O)CCCC3)c1. The van der Waals surface area contributed by atoms with Gasteiger partial charge in [-0.05, 0) is 42.9 Å². The summed E-state index contributed by atoms with van der Waals surface area (Å²) in [5, 5.41) is 10.1. The van der Waals surface area contributed by atoms with Crippen LogP contribution in [0.5, 0.6) is 0 Å². The number of hydrogen-bond acceptors (Lipinski definition) is 3. The van der Waals surface area contributed by atoms with Crippen LogP contribution in [0, 0.1) is 0 Å². The Morgan fingerprint density at radius 2 is 2.15 bits per heavy atom. The third-order valence-corrected chi connectivity index (χ3v) is 4.67. The molecule has 2 amide bonds. The predicted molar refractivity (Wildman–Crippen MR) is 102 cm³/mol. The first-order valence-electron chi connectivity index (χ1n) is 9.36. The largest absolute Gasteiger partial charge is 0.345 e. The number of hydrogen-bond donors (Lipinski definition) is 2. The third kappa shape index (κ3) is 4.33. The van der Waals surface area contributed by atoms with Crippen molar-refractivity contribution in [2.75, 3.05) is 11.9 Å². The first kappa shape index (κ1) is 18.2. The molecule has 0 radical (unpaired) electrons. The van der Waals surface area contributed by atoms with Crippen molar-refractivity contribution in [2.45, 2.75) is 58.5 Å². The Morgan fingerprint density at radius 3 is 2.92 bits per heavy atom. The highest BCUT2D eigenvalue weighted by molar-refractivity contribution is 5.89. The number of amides is 2. The van der Waals surface area contributed by atoms with Crippen LogP contribution in [0.4, 0.5) is 10.5 Å². The van der Waals surface area contributed by atoms with Crippen LogP contribution in [0.15, 0.2) is 29.1 Å². The highest BCUT2D eigenvalue weighted by atomic mass is 16.2. The zero-order chi connectivity index (χ0) is 18.5. The average molecular weight is 357 g/mol. The zero-order valence-electron chi connectivity index (χ0n) is 15.5. The Morgan fingerprint density at radius 1 is 1.31 bits per heavy atom. The maximum absolute atomic E-state index is 12.2. The lowest BCUT2D eigenvalue weighted by atomic mass is 10.0. The van der Waals surface area contributed by atoms with E-state index in [4.69, 9.17) is 0 Å². The normalized spacial score (nSPS) is 13.5. The minimum atomic E-state index is -0.234. The molecule has 7 heteroatoms. The Hall–Kier alpha value is -2.57. The van der Waals surface area contributed by atoms with Crippen LogP contribution in [-0.4, -0.2) is 26.9 Å². The van der Waals surface area contributed by atoms with E-state index < -0.39 is 0 Å². The number of urea groups is 1. The maximum Gasteiger partial charge on any atom is 0.345 e. The minimum Gasteiger partial charge on any atom is -0.338 e. The first-order chi connectivity index (χ1) is 12.5. The molecule has 140 valence electrons. The minimum absolute atomic E-state index is 0.0327. The van der Waals surface area contributed by atoms with Crippen molar-refractivity contribution in [1.82, 2.24) is 19.7 Å². The molecule has 0 saturated carbocycles. The topological polar surface area (TPSA) is 81.0 Å². The summed E-state index contributed by atoms with van der Waals surface area (Å²) in [6.07, 6.45) is 3.67. The summed E-state index contributed by atoms with van der Waals surface area (Å²) in [6, 6.07) is 7.62. The molecular weight excluding hydrogens is 330 g/mol. The van der Waals surface area contributed by atoms with Crippen molar-refractivity contribution in [3.63, 3.8) is 0 Å². The molecule has 1 aromatic heterocycles. The van der Waals surface area contributed by atoms with Gasteiger partial charge in [-0.1, -0.05) is 26.0 Å². The number of fused-ring (bicyclic) bond motifs is 1. The summed E-state index contributed by atoms with van der Waals surface area (Å²) in [7, 11) is 0. The Bertz CT molecular complexity index is 822. The standard InChI is InChI=1S/C19H27N5O2/c1-14(2)15-7-5-8-16(13-15)21-18(25)20-10-6-12-24-19(26)23-11-4-3-9-17(23)22-24/h5,7-8,13-14H,3-4,6,9-12H2,1-2H3,(H2,20,21,25). The summed E-state index contributed by atoms with van der Waals surface area (Å²) in [5.41, 5.74) is 1.94. The van der Waals surface area contributed by atoms with E-state index in [1.165, 1.54) is 10.2 Å². The van der Waals surface area contributed by atoms with Crippen molar-refractivity contribution >= 4 is 11.7 Å². The van der Waals surface area contributed by atoms with Gasteiger partial charge < -0.3 is 10.6 Å². The van der Waals surface area contributed by atoms with E-state index in [2.05, 4.69) is 35.6 Å². The van der Waals surface area contributed by atoms with Crippen molar-refractivity contribution in [1.29, 1.82) is 0 Å².